The molecule has 17 heavy (non-hydrogen) atoms. The van der Waals surface area contributed by atoms with Crippen LogP contribution in [0.4, 0.5) is 5.82 Å². The second kappa shape index (κ2) is 4.53. The van der Waals surface area contributed by atoms with Gasteiger partial charge in [-0.15, -0.1) is 0 Å². The molecule has 0 saturated heterocycles. The first kappa shape index (κ1) is 11.6. The van der Waals surface area contributed by atoms with Crippen molar-refractivity contribution in [1.82, 2.24) is 20.2 Å². The van der Waals surface area contributed by atoms with E-state index in [1.807, 2.05) is 20.8 Å². The Balaban J connectivity index is 2.12. The van der Waals surface area contributed by atoms with Crippen molar-refractivity contribution in [1.29, 1.82) is 0 Å². The summed E-state index contributed by atoms with van der Waals surface area (Å²) < 4.78 is 0. The number of hydrogen-bond donors (Lipinski definition) is 2. The lowest BCUT2D eigenvalue weighted by molar-refractivity contribution is 0.947. The second-order valence-corrected chi connectivity index (χ2v) is 4.22. The standard InChI is InChI=1S/C12H17N5/c1-7-5-13-10(4)12(15-7)14-6-11-8(2)9(3)16-17-11/h5H,6H2,1-4H3,(H,14,15)(H,16,17). The second-order valence-electron chi connectivity index (χ2n) is 4.22. The van der Waals surface area contributed by atoms with Crippen LogP contribution in [0.1, 0.15) is 28.3 Å². The number of nitrogens with one attached hydrogen (secondary N) is 2. The topological polar surface area (TPSA) is 66.5 Å². The fourth-order valence-corrected chi connectivity index (χ4v) is 1.58. The summed E-state index contributed by atoms with van der Waals surface area (Å²) in [6, 6.07) is 0. The van der Waals surface area contributed by atoms with Crippen molar-refractivity contribution in [3.63, 3.8) is 0 Å². The maximum atomic E-state index is 4.41. The first-order valence-corrected chi connectivity index (χ1v) is 5.62. The molecule has 5 nitrogen and oxygen atoms in total. The Kier molecular flexibility index (Phi) is 3.08. The van der Waals surface area contributed by atoms with Crippen LogP contribution in [0.15, 0.2) is 6.20 Å². The quantitative estimate of drug-likeness (QED) is 0.848. The lowest BCUT2D eigenvalue weighted by atomic mass is 10.2. The number of rotatable bonds is 3. The van der Waals surface area contributed by atoms with E-state index in [9.17, 15) is 0 Å². The molecule has 2 heterocycles. The molecule has 2 aromatic heterocycles. The van der Waals surface area contributed by atoms with E-state index in [1.54, 1.807) is 6.20 Å². The number of nitrogens with zero attached hydrogens (tertiary/aromatic N) is 3. The molecule has 5 heteroatoms. The Morgan fingerprint density at radius 3 is 2.65 bits per heavy atom. The zero-order valence-corrected chi connectivity index (χ0v) is 10.6. The smallest absolute Gasteiger partial charge is 0.148 e. The maximum absolute atomic E-state index is 4.41. The highest BCUT2D eigenvalue weighted by molar-refractivity contribution is 5.40. The van der Waals surface area contributed by atoms with E-state index in [1.165, 1.54) is 5.56 Å². The van der Waals surface area contributed by atoms with Crippen LogP contribution in [-0.2, 0) is 6.54 Å². The SMILES string of the molecule is Cc1cnc(C)c(NCc2n[nH]c(C)c2C)n1. The van der Waals surface area contributed by atoms with E-state index in [2.05, 4.69) is 32.4 Å². The van der Waals surface area contributed by atoms with Gasteiger partial charge in [0.05, 0.1) is 23.6 Å². The van der Waals surface area contributed by atoms with Crippen LogP contribution in [0.5, 0.6) is 0 Å². The molecule has 0 fully saturated rings. The van der Waals surface area contributed by atoms with Crippen molar-refractivity contribution in [3.05, 3.63) is 34.5 Å². The molecule has 2 aromatic rings. The van der Waals surface area contributed by atoms with E-state index in [0.29, 0.717) is 6.54 Å². The van der Waals surface area contributed by atoms with Crippen molar-refractivity contribution in [2.24, 2.45) is 0 Å². The summed E-state index contributed by atoms with van der Waals surface area (Å²) in [5, 5.41) is 10.5. The van der Waals surface area contributed by atoms with E-state index in [0.717, 1.165) is 28.6 Å². The molecule has 0 aliphatic heterocycles. The van der Waals surface area contributed by atoms with E-state index in [-0.39, 0.29) is 0 Å². The van der Waals surface area contributed by atoms with Gasteiger partial charge < -0.3 is 5.32 Å². The Hall–Kier alpha value is -1.91. The van der Waals surface area contributed by atoms with Crippen LogP contribution >= 0.6 is 0 Å². The van der Waals surface area contributed by atoms with Crippen molar-refractivity contribution >= 4 is 5.82 Å². The lowest BCUT2D eigenvalue weighted by Crippen LogP contribution is -2.06. The summed E-state index contributed by atoms with van der Waals surface area (Å²) in [6.07, 6.45) is 1.77. The van der Waals surface area contributed by atoms with Gasteiger partial charge in [0.1, 0.15) is 5.82 Å². The molecule has 0 aliphatic rings. The highest BCUT2D eigenvalue weighted by Gasteiger charge is 2.07. The van der Waals surface area contributed by atoms with E-state index >= 15 is 0 Å². The minimum atomic E-state index is 0.662. The molecule has 0 radical (unpaired) electrons. The molecule has 0 saturated carbocycles. The monoisotopic (exact) mass is 231 g/mol. The van der Waals surface area contributed by atoms with Crippen LogP contribution in [0.3, 0.4) is 0 Å². The molecule has 0 aliphatic carbocycles. The summed E-state index contributed by atoms with van der Waals surface area (Å²) in [5.74, 6) is 0.824. The van der Waals surface area contributed by atoms with Crippen LogP contribution in [0.2, 0.25) is 0 Å². The van der Waals surface area contributed by atoms with Crippen molar-refractivity contribution in [3.8, 4) is 0 Å². The molecule has 0 atom stereocenters. The fraction of sp³-hybridized carbons (Fsp3) is 0.417. The van der Waals surface area contributed by atoms with Gasteiger partial charge in [0, 0.05) is 11.9 Å². The molecule has 2 N–H and O–H groups in total. The molecule has 0 bridgehead atoms. The average Bonchev–Trinajstić information content (AvgIpc) is 2.62. The van der Waals surface area contributed by atoms with Crippen LogP contribution in [0, 0.1) is 27.7 Å². The number of aryl methyl sites for hydroxylation is 3. The molecule has 0 amide bonds. The van der Waals surface area contributed by atoms with E-state index < -0.39 is 0 Å². The van der Waals surface area contributed by atoms with Gasteiger partial charge in [0.25, 0.3) is 0 Å². The van der Waals surface area contributed by atoms with Crippen molar-refractivity contribution < 1.29 is 0 Å². The highest BCUT2D eigenvalue weighted by atomic mass is 15.1. The van der Waals surface area contributed by atoms with Gasteiger partial charge in [-0.05, 0) is 33.3 Å². The number of aromatic nitrogens is 4. The number of aromatic amines is 1. The fourth-order valence-electron chi connectivity index (χ4n) is 1.58. The van der Waals surface area contributed by atoms with Crippen LogP contribution in [0.25, 0.3) is 0 Å². The molecule has 90 valence electrons. The van der Waals surface area contributed by atoms with Crippen LogP contribution < -0.4 is 5.32 Å². The first-order valence-electron chi connectivity index (χ1n) is 5.62. The average molecular weight is 231 g/mol. The number of anilines is 1. The van der Waals surface area contributed by atoms with Crippen molar-refractivity contribution in [2.75, 3.05) is 5.32 Å². The molecular formula is C12H17N5. The Labute approximate surface area is 101 Å². The highest BCUT2D eigenvalue weighted by Crippen LogP contribution is 2.13. The lowest BCUT2D eigenvalue weighted by Gasteiger charge is -2.07. The number of hydrogen-bond acceptors (Lipinski definition) is 4. The third-order valence-corrected chi connectivity index (χ3v) is 2.85. The van der Waals surface area contributed by atoms with Gasteiger partial charge in [-0.1, -0.05) is 0 Å². The van der Waals surface area contributed by atoms with Crippen LogP contribution in [-0.4, -0.2) is 20.2 Å². The minimum absolute atomic E-state index is 0.662. The Morgan fingerprint density at radius 2 is 2.00 bits per heavy atom. The summed E-state index contributed by atoms with van der Waals surface area (Å²) in [4.78, 5) is 8.68. The van der Waals surface area contributed by atoms with Gasteiger partial charge in [0.15, 0.2) is 0 Å². The molecule has 0 unspecified atom stereocenters. The van der Waals surface area contributed by atoms with Gasteiger partial charge in [0.2, 0.25) is 0 Å². The van der Waals surface area contributed by atoms with Gasteiger partial charge in [-0.2, -0.15) is 5.10 Å². The van der Waals surface area contributed by atoms with Gasteiger partial charge in [-0.3, -0.25) is 10.1 Å². The third kappa shape index (κ3) is 2.43. The summed E-state index contributed by atoms with van der Waals surface area (Å²) in [7, 11) is 0. The normalized spacial score (nSPS) is 10.6. The predicted molar refractivity (Wildman–Crippen MR) is 66.9 cm³/mol. The van der Waals surface area contributed by atoms with Crippen molar-refractivity contribution in [2.45, 2.75) is 34.2 Å². The van der Waals surface area contributed by atoms with Gasteiger partial charge >= 0.3 is 0 Å². The first-order chi connectivity index (χ1) is 8.08. The molecule has 0 aromatic carbocycles. The zero-order chi connectivity index (χ0) is 12.4. The zero-order valence-electron chi connectivity index (χ0n) is 10.6. The largest absolute Gasteiger partial charge is 0.363 e. The maximum Gasteiger partial charge on any atom is 0.148 e. The number of H-pyrrole nitrogens is 1. The Morgan fingerprint density at radius 1 is 1.24 bits per heavy atom. The molecule has 0 spiro atoms. The summed E-state index contributed by atoms with van der Waals surface area (Å²) in [5.41, 5.74) is 5.13. The molecular weight excluding hydrogens is 214 g/mol. The minimum Gasteiger partial charge on any atom is -0.363 e. The third-order valence-electron chi connectivity index (χ3n) is 2.85. The predicted octanol–water partition coefficient (Wildman–Crippen LogP) is 2.05. The summed E-state index contributed by atoms with van der Waals surface area (Å²) >= 11 is 0. The van der Waals surface area contributed by atoms with E-state index in [4.69, 9.17) is 0 Å². The Bertz CT molecular complexity index is 530. The summed E-state index contributed by atoms with van der Waals surface area (Å²) in [6.45, 7) is 8.61. The van der Waals surface area contributed by atoms with Gasteiger partial charge in [-0.25, -0.2) is 4.98 Å². The molecule has 2 rings (SSSR count).